The van der Waals surface area contributed by atoms with Gasteiger partial charge in [-0.3, -0.25) is 4.79 Å². The van der Waals surface area contributed by atoms with Crippen molar-refractivity contribution in [3.05, 3.63) is 76.6 Å². The third-order valence-corrected chi connectivity index (χ3v) is 7.01. The van der Waals surface area contributed by atoms with Gasteiger partial charge in [-0.15, -0.1) is 21.5 Å². The quantitative estimate of drug-likeness (QED) is 0.352. The Bertz CT molecular complexity index is 1180. The number of thiophene rings is 1. The number of benzene rings is 2. The lowest BCUT2D eigenvalue weighted by molar-refractivity contribution is -0.115. The summed E-state index contributed by atoms with van der Waals surface area (Å²) in [5.41, 5.74) is 1.46. The molecule has 4 rings (SSSR count). The van der Waals surface area contributed by atoms with Crippen LogP contribution >= 0.6 is 34.7 Å². The predicted octanol–water partition coefficient (Wildman–Crippen LogP) is 5.68. The Morgan fingerprint density at radius 3 is 2.65 bits per heavy atom. The molecule has 0 aliphatic rings. The van der Waals surface area contributed by atoms with Crippen molar-refractivity contribution in [2.75, 3.05) is 12.4 Å². The van der Waals surface area contributed by atoms with Crippen molar-refractivity contribution >= 4 is 46.3 Å². The molecule has 6 nitrogen and oxygen atoms in total. The Kier molecular flexibility index (Phi) is 6.60. The van der Waals surface area contributed by atoms with E-state index in [1.54, 1.807) is 36.6 Å². The van der Waals surface area contributed by atoms with E-state index in [0.29, 0.717) is 21.6 Å². The molecule has 158 valence electrons. The number of anilines is 1. The smallest absolute Gasteiger partial charge is 0.242 e. The third-order valence-electron chi connectivity index (χ3n) is 4.56. The fourth-order valence-electron chi connectivity index (χ4n) is 3.00. The molecule has 0 saturated carbocycles. The molecule has 2 heterocycles. The summed E-state index contributed by atoms with van der Waals surface area (Å²) >= 11 is 9.16. The first-order chi connectivity index (χ1) is 15.1. The number of hydrogen-bond donors (Lipinski definition) is 1. The zero-order valence-corrected chi connectivity index (χ0v) is 19.2. The van der Waals surface area contributed by atoms with Crippen LogP contribution in [0.4, 0.5) is 5.69 Å². The summed E-state index contributed by atoms with van der Waals surface area (Å²) in [6.45, 7) is 0. The minimum Gasteiger partial charge on any atom is -0.495 e. The molecular weight excluding hydrogens is 452 g/mol. The van der Waals surface area contributed by atoms with E-state index < -0.39 is 5.25 Å². The lowest BCUT2D eigenvalue weighted by atomic mass is 10.1. The van der Waals surface area contributed by atoms with Gasteiger partial charge in [0.15, 0.2) is 11.0 Å². The first-order valence-corrected chi connectivity index (χ1v) is 11.5. The van der Waals surface area contributed by atoms with E-state index >= 15 is 0 Å². The van der Waals surface area contributed by atoms with Crippen LogP contribution in [-0.4, -0.2) is 27.8 Å². The first-order valence-electron chi connectivity index (χ1n) is 9.36. The highest BCUT2D eigenvalue weighted by Gasteiger charge is 2.25. The Hall–Kier alpha value is -2.81. The van der Waals surface area contributed by atoms with E-state index in [-0.39, 0.29) is 5.91 Å². The summed E-state index contributed by atoms with van der Waals surface area (Å²) in [6.07, 6.45) is 0. The topological polar surface area (TPSA) is 69.0 Å². The van der Waals surface area contributed by atoms with Gasteiger partial charge >= 0.3 is 0 Å². The van der Waals surface area contributed by atoms with Gasteiger partial charge in [0.2, 0.25) is 5.91 Å². The molecule has 0 aliphatic carbocycles. The van der Waals surface area contributed by atoms with Crippen LogP contribution in [0.3, 0.4) is 0 Å². The van der Waals surface area contributed by atoms with Crippen LogP contribution in [0.5, 0.6) is 5.75 Å². The van der Waals surface area contributed by atoms with Crippen LogP contribution in [0.15, 0.2) is 71.2 Å². The molecule has 4 aromatic rings. The van der Waals surface area contributed by atoms with Crippen LogP contribution in [0, 0.1) is 0 Å². The van der Waals surface area contributed by atoms with Crippen LogP contribution < -0.4 is 10.1 Å². The minimum atomic E-state index is -0.527. The molecule has 31 heavy (non-hydrogen) atoms. The highest BCUT2D eigenvalue weighted by atomic mass is 35.5. The molecular formula is C22H19ClN4O2S2. The molecule has 0 fully saturated rings. The average Bonchev–Trinajstić information content (AvgIpc) is 3.42. The highest BCUT2D eigenvalue weighted by Crippen LogP contribution is 2.37. The van der Waals surface area contributed by atoms with Crippen LogP contribution in [0.25, 0.3) is 10.7 Å². The average molecular weight is 471 g/mol. The molecule has 2 aromatic carbocycles. The van der Waals surface area contributed by atoms with E-state index in [1.165, 1.54) is 11.8 Å². The normalized spacial score (nSPS) is 11.8. The number of nitrogens with zero attached hydrogens (tertiary/aromatic N) is 3. The van der Waals surface area contributed by atoms with Gasteiger partial charge < -0.3 is 14.6 Å². The maximum absolute atomic E-state index is 13.3. The van der Waals surface area contributed by atoms with E-state index in [4.69, 9.17) is 16.3 Å². The second-order valence-corrected chi connectivity index (χ2v) is 9.02. The SMILES string of the molecule is COc1ccc(NC(=O)C(Sc2nnc(-c3cccs3)n2C)c2ccccc2)cc1Cl. The number of aromatic nitrogens is 3. The number of ether oxygens (including phenoxy) is 1. The summed E-state index contributed by atoms with van der Waals surface area (Å²) < 4.78 is 7.09. The lowest BCUT2D eigenvalue weighted by Gasteiger charge is -2.17. The molecule has 0 aliphatic heterocycles. The van der Waals surface area contributed by atoms with Crippen molar-refractivity contribution in [1.29, 1.82) is 0 Å². The number of nitrogens with one attached hydrogen (secondary N) is 1. The van der Waals surface area contributed by atoms with Crippen molar-refractivity contribution in [1.82, 2.24) is 14.8 Å². The zero-order valence-electron chi connectivity index (χ0n) is 16.8. The maximum atomic E-state index is 13.3. The van der Waals surface area contributed by atoms with Crippen LogP contribution in [0.1, 0.15) is 10.8 Å². The van der Waals surface area contributed by atoms with Crippen molar-refractivity contribution in [3.8, 4) is 16.5 Å². The van der Waals surface area contributed by atoms with Gasteiger partial charge in [0.1, 0.15) is 11.0 Å². The maximum Gasteiger partial charge on any atom is 0.242 e. The predicted molar refractivity (Wildman–Crippen MR) is 126 cm³/mol. The number of halogens is 1. The number of rotatable bonds is 7. The largest absolute Gasteiger partial charge is 0.495 e. The Labute approximate surface area is 193 Å². The molecule has 0 bridgehead atoms. The highest BCUT2D eigenvalue weighted by molar-refractivity contribution is 8.00. The van der Waals surface area contributed by atoms with Gasteiger partial charge in [0, 0.05) is 12.7 Å². The molecule has 2 aromatic heterocycles. The van der Waals surface area contributed by atoms with Crippen molar-refractivity contribution in [2.24, 2.45) is 7.05 Å². The van der Waals surface area contributed by atoms with Gasteiger partial charge in [-0.2, -0.15) is 0 Å². The van der Waals surface area contributed by atoms with Gasteiger partial charge in [-0.25, -0.2) is 0 Å². The van der Waals surface area contributed by atoms with Crippen LogP contribution in [0.2, 0.25) is 5.02 Å². The molecule has 1 atom stereocenters. The van der Waals surface area contributed by atoms with Crippen molar-refractivity contribution in [3.63, 3.8) is 0 Å². The second-order valence-electron chi connectivity index (χ2n) is 6.59. The minimum absolute atomic E-state index is 0.182. The second kappa shape index (κ2) is 9.55. The van der Waals surface area contributed by atoms with E-state index in [9.17, 15) is 4.79 Å². The van der Waals surface area contributed by atoms with Gasteiger partial charge in [0.05, 0.1) is 17.0 Å². The molecule has 1 amide bonds. The molecule has 0 spiro atoms. The summed E-state index contributed by atoms with van der Waals surface area (Å²) in [5.74, 6) is 1.14. The van der Waals surface area contributed by atoms with Crippen molar-refractivity contribution in [2.45, 2.75) is 10.4 Å². The molecule has 9 heteroatoms. The standard InChI is InChI=1S/C22H19ClN4O2S2/c1-27-20(18-9-6-12-30-18)25-26-22(27)31-19(14-7-4-3-5-8-14)21(28)24-15-10-11-17(29-2)16(23)13-15/h3-13,19H,1-2H3,(H,24,28). The molecule has 0 radical (unpaired) electrons. The summed E-state index contributed by atoms with van der Waals surface area (Å²) in [4.78, 5) is 14.3. The van der Waals surface area contributed by atoms with Gasteiger partial charge in [-0.1, -0.05) is 59.8 Å². The summed E-state index contributed by atoms with van der Waals surface area (Å²) in [6, 6.07) is 18.7. The number of carbonyl (C=O) groups is 1. The molecule has 1 N–H and O–H groups in total. The number of thioether (sulfide) groups is 1. The molecule has 1 unspecified atom stereocenters. The van der Waals surface area contributed by atoms with E-state index in [1.807, 2.05) is 59.5 Å². The Morgan fingerprint density at radius 1 is 1.16 bits per heavy atom. The van der Waals surface area contributed by atoms with E-state index in [2.05, 4.69) is 15.5 Å². The summed E-state index contributed by atoms with van der Waals surface area (Å²) in [5, 5.41) is 14.2. The third kappa shape index (κ3) is 4.76. The van der Waals surface area contributed by atoms with Crippen molar-refractivity contribution < 1.29 is 9.53 Å². The molecule has 0 saturated heterocycles. The first kappa shape index (κ1) is 21.4. The number of carbonyl (C=O) groups excluding carboxylic acids is 1. The number of amides is 1. The van der Waals surface area contributed by atoms with Gasteiger partial charge in [-0.05, 0) is 35.2 Å². The van der Waals surface area contributed by atoms with Crippen LogP contribution in [-0.2, 0) is 11.8 Å². The monoisotopic (exact) mass is 470 g/mol. The lowest BCUT2D eigenvalue weighted by Crippen LogP contribution is -2.19. The Morgan fingerprint density at radius 2 is 1.97 bits per heavy atom. The number of hydrogen-bond acceptors (Lipinski definition) is 6. The fraction of sp³-hybridized carbons (Fsp3) is 0.136. The zero-order chi connectivity index (χ0) is 21.8. The Balaban J connectivity index is 1.61. The summed E-state index contributed by atoms with van der Waals surface area (Å²) in [7, 11) is 3.45. The number of methoxy groups -OCH3 is 1. The fourth-order valence-corrected chi connectivity index (χ4v) is 5.00. The van der Waals surface area contributed by atoms with E-state index in [0.717, 1.165) is 16.3 Å². The van der Waals surface area contributed by atoms with Gasteiger partial charge in [0.25, 0.3) is 0 Å².